The summed E-state index contributed by atoms with van der Waals surface area (Å²) in [5, 5.41) is 12.7. The van der Waals surface area contributed by atoms with Gasteiger partial charge in [-0.05, 0) is 18.9 Å². The van der Waals surface area contributed by atoms with E-state index in [-0.39, 0.29) is 11.3 Å². The van der Waals surface area contributed by atoms with E-state index in [0.717, 1.165) is 18.7 Å². The molecule has 0 bridgehead atoms. The Labute approximate surface area is 145 Å². The lowest BCUT2D eigenvalue weighted by Crippen LogP contribution is -2.35. The zero-order valence-corrected chi connectivity index (χ0v) is 14.2. The summed E-state index contributed by atoms with van der Waals surface area (Å²) in [4.78, 5) is 14.6. The highest BCUT2D eigenvalue weighted by Crippen LogP contribution is 2.45. The second-order valence-electron chi connectivity index (χ2n) is 7.62. The van der Waals surface area contributed by atoms with Gasteiger partial charge in [0.2, 0.25) is 11.8 Å². The third-order valence-corrected chi connectivity index (χ3v) is 5.65. The second kappa shape index (κ2) is 5.39. The highest BCUT2D eigenvalue weighted by atomic mass is 16.5. The van der Waals surface area contributed by atoms with Gasteiger partial charge in [0.1, 0.15) is 5.69 Å². The van der Waals surface area contributed by atoms with Crippen LogP contribution in [0.4, 0.5) is 0 Å². The number of aryl methyl sites for hydroxylation is 1. The number of ether oxygens (including phenoxy) is 1. The molecule has 8 heteroatoms. The summed E-state index contributed by atoms with van der Waals surface area (Å²) in [5.41, 5.74) is 0.366. The highest BCUT2D eigenvalue weighted by Gasteiger charge is 2.53. The van der Waals surface area contributed by atoms with Crippen LogP contribution in [0.3, 0.4) is 0 Å². The first-order valence-electron chi connectivity index (χ1n) is 8.82. The summed E-state index contributed by atoms with van der Waals surface area (Å²) in [7, 11) is 1.82. The number of rotatable bonds is 4. The lowest BCUT2D eigenvalue weighted by molar-refractivity contribution is 0.0708. The SMILES string of the molecule is Cn1ccc(C(=O)N2C[C@H]3COC[C@@]3(Cc3nnc(C4CC4)o3)C2)n1. The van der Waals surface area contributed by atoms with E-state index in [2.05, 4.69) is 15.3 Å². The first-order valence-corrected chi connectivity index (χ1v) is 8.82. The number of hydrogen-bond acceptors (Lipinski definition) is 6. The number of carbonyl (C=O) groups is 1. The molecule has 2 saturated heterocycles. The number of aromatic nitrogens is 4. The van der Waals surface area contributed by atoms with Crippen LogP contribution in [0.15, 0.2) is 16.7 Å². The largest absolute Gasteiger partial charge is 0.425 e. The Morgan fingerprint density at radius 2 is 2.28 bits per heavy atom. The molecule has 132 valence electrons. The van der Waals surface area contributed by atoms with Crippen LogP contribution in [0.1, 0.15) is 41.0 Å². The van der Waals surface area contributed by atoms with Crippen molar-refractivity contribution in [3.8, 4) is 0 Å². The fourth-order valence-electron chi connectivity index (χ4n) is 4.06. The lowest BCUT2D eigenvalue weighted by atomic mass is 9.78. The van der Waals surface area contributed by atoms with Crippen molar-refractivity contribution in [1.29, 1.82) is 0 Å². The minimum Gasteiger partial charge on any atom is -0.425 e. The van der Waals surface area contributed by atoms with E-state index < -0.39 is 0 Å². The molecule has 3 aliphatic rings. The maximum Gasteiger partial charge on any atom is 0.274 e. The van der Waals surface area contributed by atoms with Crippen molar-refractivity contribution in [2.45, 2.75) is 25.2 Å². The Hall–Kier alpha value is -2.22. The number of nitrogens with zero attached hydrogens (tertiary/aromatic N) is 5. The van der Waals surface area contributed by atoms with Gasteiger partial charge in [0, 0.05) is 50.0 Å². The maximum absolute atomic E-state index is 12.7. The molecule has 0 spiro atoms. The molecule has 2 aliphatic heterocycles. The van der Waals surface area contributed by atoms with Crippen LogP contribution in [0.25, 0.3) is 0 Å². The minimum atomic E-state index is -0.127. The molecule has 5 rings (SSSR count). The zero-order valence-electron chi connectivity index (χ0n) is 14.2. The monoisotopic (exact) mass is 343 g/mol. The molecule has 1 amide bonds. The number of fused-ring (bicyclic) bond motifs is 1. The molecule has 4 heterocycles. The minimum absolute atomic E-state index is 0.0152. The average Bonchev–Trinajstić information content (AvgIpc) is 2.93. The van der Waals surface area contributed by atoms with Gasteiger partial charge in [-0.1, -0.05) is 0 Å². The zero-order chi connectivity index (χ0) is 17.0. The smallest absolute Gasteiger partial charge is 0.274 e. The molecule has 2 aromatic rings. The van der Waals surface area contributed by atoms with Crippen molar-refractivity contribution >= 4 is 5.91 Å². The first-order chi connectivity index (χ1) is 12.1. The Balaban J connectivity index is 1.35. The quantitative estimate of drug-likeness (QED) is 0.823. The van der Waals surface area contributed by atoms with Crippen molar-refractivity contribution in [1.82, 2.24) is 24.9 Å². The van der Waals surface area contributed by atoms with Gasteiger partial charge in [0.25, 0.3) is 5.91 Å². The van der Waals surface area contributed by atoms with Crippen LogP contribution in [-0.4, -0.2) is 57.1 Å². The van der Waals surface area contributed by atoms with Crippen LogP contribution >= 0.6 is 0 Å². The lowest BCUT2D eigenvalue weighted by Gasteiger charge is -2.25. The summed E-state index contributed by atoms with van der Waals surface area (Å²) in [6.07, 6.45) is 4.75. The van der Waals surface area contributed by atoms with Crippen molar-refractivity contribution in [2.75, 3.05) is 26.3 Å². The Kier molecular flexibility index (Phi) is 3.25. The normalized spacial score (nSPS) is 28.5. The highest BCUT2D eigenvalue weighted by molar-refractivity contribution is 5.92. The van der Waals surface area contributed by atoms with Crippen molar-refractivity contribution in [2.24, 2.45) is 18.4 Å². The number of amides is 1. The summed E-state index contributed by atoms with van der Waals surface area (Å²) < 4.78 is 13.3. The van der Waals surface area contributed by atoms with Gasteiger partial charge in [-0.15, -0.1) is 10.2 Å². The van der Waals surface area contributed by atoms with Crippen molar-refractivity contribution in [3.05, 3.63) is 29.7 Å². The van der Waals surface area contributed by atoms with E-state index in [1.807, 2.05) is 11.9 Å². The van der Waals surface area contributed by atoms with Crippen LogP contribution < -0.4 is 0 Å². The summed E-state index contributed by atoms with van der Waals surface area (Å²) in [6, 6.07) is 1.76. The van der Waals surface area contributed by atoms with Crippen molar-refractivity contribution in [3.63, 3.8) is 0 Å². The number of hydrogen-bond donors (Lipinski definition) is 0. The molecule has 0 aromatic carbocycles. The number of carbonyl (C=O) groups excluding carboxylic acids is 1. The maximum atomic E-state index is 12.7. The Bertz CT molecular complexity index is 811. The van der Waals surface area contributed by atoms with Gasteiger partial charge in [0.15, 0.2) is 0 Å². The summed E-state index contributed by atoms with van der Waals surface area (Å²) in [5.74, 6) is 2.18. The summed E-state index contributed by atoms with van der Waals surface area (Å²) >= 11 is 0. The average molecular weight is 343 g/mol. The second-order valence-corrected chi connectivity index (χ2v) is 7.62. The topological polar surface area (TPSA) is 86.3 Å². The van der Waals surface area contributed by atoms with Crippen molar-refractivity contribution < 1.29 is 13.9 Å². The Morgan fingerprint density at radius 1 is 1.40 bits per heavy atom. The molecule has 8 nitrogen and oxygen atoms in total. The van der Waals surface area contributed by atoms with Gasteiger partial charge < -0.3 is 14.1 Å². The predicted octanol–water partition coefficient (Wildman–Crippen LogP) is 1.01. The van der Waals surface area contributed by atoms with E-state index in [0.29, 0.717) is 56.1 Å². The molecule has 0 radical (unpaired) electrons. The standard InChI is InChI=1S/C17H21N5O3/c1-21-5-4-13(20-21)16(23)22-7-12-8-24-10-17(12,9-22)6-14-18-19-15(25-14)11-2-3-11/h4-5,11-12H,2-3,6-10H2,1H3/t12-,17+/m0/s1. The van der Waals surface area contributed by atoms with E-state index in [4.69, 9.17) is 9.15 Å². The Morgan fingerprint density at radius 3 is 3.04 bits per heavy atom. The van der Waals surface area contributed by atoms with Crippen LogP contribution in [0.2, 0.25) is 0 Å². The molecule has 1 aliphatic carbocycles. The van der Waals surface area contributed by atoms with Gasteiger partial charge in [-0.3, -0.25) is 9.48 Å². The van der Waals surface area contributed by atoms with Gasteiger partial charge in [0.05, 0.1) is 13.2 Å². The fraction of sp³-hybridized carbons (Fsp3) is 0.647. The summed E-state index contributed by atoms with van der Waals surface area (Å²) in [6.45, 7) is 2.65. The third kappa shape index (κ3) is 2.55. The van der Waals surface area contributed by atoms with Gasteiger partial charge >= 0.3 is 0 Å². The molecule has 2 aromatic heterocycles. The van der Waals surface area contributed by atoms with Gasteiger partial charge in [-0.25, -0.2) is 0 Å². The third-order valence-electron chi connectivity index (χ3n) is 5.65. The van der Waals surface area contributed by atoms with E-state index in [1.165, 1.54) is 0 Å². The molecule has 0 N–H and O–H groups in total. The van der Waals surface area contributed by atoms with Crippen LogP contribution in [0.5, 0.6) is 0 Å². The molecular weight excluding hydrogens is 322 g/mol. The molecular formula is C17H21N5O3. The van der Waals surface area contributed by atoms with Gasteiger partial charge in [-0.2, -0.15) is 5.10 Å². The fourth-order valence-corrected chi connectivity index (χ4v) is 4.06. The number of likely N-dealkylation sites (tertiary alicyclic amines) is 1. The van der Waals surface area contributed by atoms with Crippen LogP contribution in [-0.2, 0) is 18.2 Å². The molecule has 25 heavy (non-hydrogen) atoms. The molecule has 0 unspecified atom stereocenters. The predicted molar refractivity (Wildman–Crippen MR) is 85.8 cm³/mol. The molecule has 2 atom stereocenters. The van der Waals surface area contributed by atoms with E-state index in [1.54, 1.807) is 16.9 Å². The first kappa shape index (κ1) is 15.1. The van der Waals surface area contributed by atoms with E-state index >= 15 is 0 Å². The van der Waals surface area contributed by atoms with Crippen LogP contribution in [0, 0.1) is 11.3 Å². The molecule has 3 fully saturated rings. The van der Waals surface area contributed by atoms with E-state index in [9.17, 15) is 4.79 Å². The molecule has 1 saturated carbocycles.